The Bertz CT molecular complexity index is 585. The van der Waals surface area contributed by atoms with Gasteiger partial charge in [0.15, 0.2) is 5.96 Å². The van der Waals surface area contributed by atoms with Crippen LogP contribution in [-0.4, -0.2) is 38.4 Å². The molecule has 0 saturated carbocycles. The van der Waals surface area contributed by atoms with Gasteiger partial charge in [-0.15, -0.1) is 24.0 Å². The highest BCUT2D eigenvalue weighted by atomic mass is 127. The summed E-state index contributed by atoms with van der Waals surface area (Å²) in [5.74, 6) is 0.515. The summed E-state index contributed by atoms with van der Waals surface area (Å²) in [6, 6.07) is 5.40. The first kappa shape index (κ1) is 19.4. The fraction of sp³-hybridized carbons (Fsp3) is 0.588. The monoisotopic (exact) mass is 449 g/mol. The molecule has 0 spiro atoms. The van der Waals surface area contributed by atoms with Crippen LogP contribution in [0.3, 0.4) is 0 Å². The Labute approximate surface area is 159 Å². The molecule has 1 aromatic carbocycles. The molecule has 24 heavy (non-hydrogen) atoms. The highest BCUT2D eigenvalue weighted by Gasteiger charge is 2.41. The van der Waals surface area contributed by atoms with Gasteiger partial charge in [0.05, 0.1) is 24.9 Å². The average molecular weight is 449 g/mol. The summed E-state index contributed by atoms with van der Waals surface area (Å²) in [5.41, 5.74) is 1.56. The number of nitrogens with zero attached hydrogens (tertiary/aromatic N) is 1. The number of hydrogen-bond acceptors (Lipinski definition) is 3. The molecule has 5 nitrogen and oxygen atoms in total. The van der Waals surface area contributed by atoms with Gasteiger partial charge in [0.1, 0.15) is 5.82 Å². The fourth-order valence-electron chi connectivity index (χ4n) is 3.35. The molecule has 2 aliphatic heterocycles. The Morgan fingerprint density at radius 1 is 1.42 bits per heavy atom. The van der Waals surface area contributed by atoms with Crippen LogP contribution in [0.4, 0.5) is 4.39 Å². The van der Waals surface area contributed by atoms with Gasteiger partial charge in [-0.05, 0) is 37.0 Å². The Morgan fingerprint density at radius 2 is 2.25 bits per heavy atom. The molecule has 1 aromatic rings. The van der Waals surface area contributed by atoms with E-state index >= 15 is 0 Å². The lowest BCUT2D eigenvalue weighted by Gasteiger charge is -2.22. The van der Waals surface area contributed by atoms with E-state index in [1.165, 1.54) is 12.5 Å². The van der Waals surface area contributed by atoms with E-state index in [-0.39, 0.29) is 36.4 Å². The number of methoxy groups -OCH3 is 1. The number of guanidine groups is 1. The topological polar surface area (TPSA) is 54.9 Å². The molecule has 2 aliphatic rings. The van der Waals surface area contributed by atoms with Gasteiger partial charge in [0, 0.05) is 26.3 Å². The van der Waals surface area contributed by atoms with Crippen LogP contribution in [0.2, 0.25) is 0 Å². The summed E-state index contributed by atoms with van der Waals surface area (Å²) in [4.78, 5) is 4.27. The number of fused-ring (bicyclic) bond motifs is 2. The standard InChI is InChI=1S/C17H24FN3O2.HI/c1-19-17(21-15-8-13-4-6-16(15)23-13)20-9-11-3-5-14(18)12(7-11)10-22-2;/h3,5,7,13,15-16H,4,6,8-10H2,1-2H3,(H2,19,20,21);1H. The Hall–Kier alpha value is -0.930. The van der Waals surface area contributed by atoms with Gasteiger partial charge in [-0.1, -0.05) is 6.07 Å². The molecule has 0 amide bonds. The van der Waals surface area contributed by atoms with E-state index in [1.807, 2.05) is 6.07 Å². The zero-order valence-corrected chi connectivity index (χ0v) is 16.4. The zero-order valence-electron chi connectivity index (χ0n) is 14.0. The summed E-state index contributed by atoms with van der Waals surface area (Å²) in [5, 5.41) is 6.71. The third-order valence-electron chi connectivity index (χ3n) is 4.52. The van der Waals surface area contributed by atoms with Crippen LogP contribution >= 0.6 is 24.0 Å². The van der Waals surface area contributed by atoms with Gasteiger partial charge in [-0.2, -0.15) is 0 Å². The van der Waals surface area contributed by atoms with Crippen molar-refractivity contribution in [2.24, 2.45) is 4.99 Å². The number of ether oxygens (including phenoxy) is 2. The third kappa shape index (κ3) is 4.58. The molecule has 0 aromatic heterocycles. The lowest BCUT2D eigenvalue weighted by Crippen LogP contribution is -2.47. The first-order valence-corrected chi connectivity index (χ1v) is 8.08. The van der Waals surface area contributed by atoms with Gasteiger partial charge in [0.2, 0.25) is 0 Å². The highest BCUT2D eigenvalue weighted by Crippen LogP contribution is 2.34. The van der Waals surface area contributed by atoms with Crippen LogP contribution in [-0.2, 0) is 22.6 Å². The summed E-state index contributed by atoms with van der Waals surface area (Å²) in [6.07, 6.45) is 4.05. The number of hydrogen-bond donors (Lipinski definition) is 2. The van der Waals surface area contributed by atoms with Crippen LogP contribution in [0.25, 0.3) is 0 Å². The van der Waals surface area contributed by atoms with E-state index < -0.39 is 0 Å². The van der Waals surface area contributed by atoms with Crippen molar-refractivity contribution < 1.29 is 13.9 Å². The Balaban J connectivity index is 0.00000208. The molecule has 2 N–H and O–H groups in total. The molecule has 3 unspecified atom stereocenters. The van der Waals surface area contributed by atoms with Crippen LogP contribution in [0.5, 0.6) is 0 Å². The van der Waals surface area contributed by atoms with E-state index in [4.69, 9.17) is 9.47 Å². The van der Waals surface area contributed by atoms with Crippen LogP contribution < -0.4 is 10.6 Å². The first-order chi connectivity index (χ1) is 11.2. The van der Waals surface area contributed by atoms with Crippen molar-refractivity contribution in [3.8, 4) is 0 Å². The molecule has 2 saturated heterocycles. The zero-order chi connectivity index (χ0) is 16.2. The van der Waals surface area contributed by atoms with Crippen molar-refractivity contribution in [1.29, 1.82) is 0 Å². The van der Waals surface area contributed by atoms with Gasteiger partial charge in [0.25, 0.3) is 0 Å². The molecule has 0 radical (unpaired) electrons. The molecular formula is C17H25FIN3O2. The molecule has 2 fully saturated rings. The summed E-state index contributed by atoms with van der Waals surface area (Å²) >= 11 is 0. The Morgan fingerprint density at radius 3 is 2.88 bits per heavy atom. The number of halogens is 2. The number of rotatable bonds is 5. The smallest absolute Gasteiger partial charge is 0.191 e. The third-order valence-corrected chi connectivity index (χ3v) is 4.52. The minimum Gasteiger partial charge on any atom is -0.380 e. The molecule has 2 bridgehead atoms. The van der Waals surface area contributed by atoms with Crippen molar-refractivity contribution in [1.82, 2.24) is 10.6 Å². The molecule has 7 heteroatoms. The second-order valence-corrected chi connectivity index (χ2v) is 6.14. The molecule has 134 valence electrons. The van der Waals surface area contributed by atoms with Crippen molar-refractivity contribution in [2.75, 3.05) is 14.2 Å². The summed E-state index contributed by atoms with van der Waals surface area (Å²) in [6.45, 7) is 0.855. The number of nitrogens with one attached hydrogen (secondary N) is 2. The second-order valence-electron chi connectivity index (χ2n) is 6.14. The summed E-state index contributed by atoms with van der Waals surface area (Å²) in [7, 11) is 3.32. The minimum atomic E-state index is -0.239. The average Bonchev–Trinajstić information content (AvgIpc) is 3.17. The maximum atomic E-state index is 13.6. The van der Waals surface area contributed by atoms with E-state index in [9.17, 15) is 4.39 Å². The van der Waals surface area contributed by atoms with Crippen LogP contribution in [0, 0.1) is 5.82 Å². The van der Waals surface area contributed by atoms with E-state index in [1.54, 1.807) is 20.2 Å². The molecular weight excluding hydrogens is 424 g/mol. The maximum Gasteiger partial charge on any atom is 0.191 e. The number of aliphatic imine (C=N–C) groups is 1. The minimum absolute atomic E-state index is 0. The van der Waals surface area contributed by atoms with E-state index in [0.717, 1.165) is 24.4 Å². The quantitative estimate of drug-likeness (QED) is 0.413. The van der Waals surface area contributed by atoms with Crippen molar-refractivity contribution in [2.45, 2.75) is 50.7 Å². The molecule has 3 rings (SSSR count). The first-order valence-electron chi connectivity index (χ1n) is 8.08. The maximum absolute atomic E-state index is 13.6. The predicted molar refractivity (Wildman–Crippen MR) is 102 cm³/mol. The van der Waals surface area contributed by atoms with Crippen LogP contribution in [0.1, 0.15) is 30.4 Å². The molecule has 0 aliphatic carbocycles. The van der Waals surface area contributed by atoms with Crippen molar-refractivity contribution in [3.63, 3.8) is 0 Å². The second kappa shape index (κ2) is 8.96. The van der Waals surface area contributed by atoms with Crippen molar-refractivity contribution >= 4 is 29.9 Å². The Kier molecular flexibility index (Phi) is 7.24. The number of benzene rings is 1. The highest BCUT2D eigenvalue weighted by molar-refractivity contribution is 14.0. The van der Waals surface area contributed by atoms with E-state index in [0.29, 0.717) is 30.4 Å². The normalized spacial score (nSPS) is 25.5. The van der Waals surface area contributed by atoms with Gasteiger partial charge < -0.3 is 20.1 Å². The SMILES string of the molecule is CN=C(NCc1ccc(F)c(COC)c1)NC1CC2CCC1O2.I. The lowest BCUT2D eigenvalue weighted by molar-refractivity contribution is 0.0992. The molecule has 3 atom stereocenters. The lowest BCUT2D eigenvalue weighted by atomic mass is 9.96. The van der Waals surface area contributed by atoms with Gasteiger partial charge in [-0.3, -0.25) is 4.99 Å². The van der Waals surface area contributed by atoms with Gasteiger partial charge >= 0.3 is 0 Å². The summed E-state index contributed by atoms with van der Waals surface area (Å²) < 4.78 is 24.5. The largest absolute Gasteiger partial charge is 0.380 e. The van der Waals surface area contributed by atoms with E-state index in [2.05, 4.69) is 15.6 Å². The van der Waals surface area contributed by atoms with Crippen LogP contribution in [0.15, 0.2) is 23.2 Å². The molecule has 2 heterocycles. The fourth-order valence-corrected chi connectivity index (χ4v) is 3.35. The van der Waals surface area contributed by atoms with Crippen molar-refractivity contribution in [3.05, 3.63) is 35.1 Å². The predicted octanol–water partition coefficient (Wildman–Crippen LogP) is 2.58. The van der Waals surface area contributed by atoms with Gasteiger partial charge in [-0.25, -0.2) is 4.39 Å².